The van der Waals surface area contributed by atoms with Crippen LogP contribution in [0, 0.1) is 0 Å². The Morgan fingerprint density at radius 2 is 1.48 bits per heavy atom. The number of hydrogen-bond donors (Lipinski definition) is 1. The molecule has 1 atom stereocenters. The van der Waals surface area contributed by atoms with Crippen LogP contribution < -0.4 is 5.32 Å². The Bertz CT molecular complexity index is 514. The number of hydrogen-bond acceptors (Lipinski definition) is 2. The van der Waals surface area contributed by atoms with Gasteiger partial charge in [0.2, 0.25) is 5.91 Å². The third-order valence-corrected chi connectivity index (χ3v) is 3.33. The molecule has 0 radical (unpaired) electrons. The summed E-state index contributed by atoms with van der Waals surface area (Å²) in [4.78, 5) is 12.7. The average Bonchev–Trinajstić information content (AvgIpc) is 2.50. The molecule has 1 amide bonds. The Kier molecular flexibility index (Phi) is 5.52. The molecule has 0 bridgehead atoms. The molecule has 0 aliphatic carbocycles. The topological polar surface area (TPSA) is 38.3 Å². The van der Waals surface area contributed by atoms with E-state index in [2.05, 4.69) is 5.32 Å². The van der Waals surface area contributed by atoms with Crippen molar-refractivity contribution in [2.45, 2.75) is 18.9 Å². The largest absolute Gasteiger partial charge is 0.383 e. The van der Waals surface area contributed by atoms with Crippen molar-refractivity contribution >= 4 is 5.91 Å². The highest BCUT2D eigenvalue weighted by Crippen LogP contribution is 2.24. The second kappa shape index (κ2) is 7.60. The Labute approximate surface area is 126 Å². The Balaban J connectivity index is 2.27. The van der Waals surface area contributed by atoms with Gasteiger partial charge in [-0.1, -0.05) is 60.7 Å². The van der Waals surface area contributed by atoms with Gasteiger partial charge in [-0.2, -0.15) is 0 Å². The van der Waals surface area contributed by atoms with E-state index in [9.17, 15) is 4.79 Å². The number of carbonyl (C=O) groups excluding carboxylic acids is 1. The lowest BCUT2D eigenvalue weighted by Gasteiger charge is -2.20. The van der Waals surface area contributed by atoms with E-state index in [0.29, 0.717) is 6.61 Å². The number of carbonyl (C=O) groups is 1. The number of rotatable bonds is 6. The predicted molar refractivity (Wildman–Crippen MR) is 84.2 cm³/mol. The van der Waals surface area contributed by atoms with Crippen molar-refractivity contribution in [2.75, 3.05) is 13.7 Å². The molecule has 3 heteroatoms. The van der Waals surface area contributed by atoms with E-state index in [1.54, 1.807) is 7.11 Å². The van der Waals surface area contributed by atoms with Gasteiger partial charge in [-0.15, -0.1) is 0 Å². The number of benzene rings is 2. The normalized spacial score (nSPS) is 12.1. The average molecular weight is 283 g/mol. The first-order valence-electron chi connectivity index (χ1n) is 7.11. The van der Waals surface area contributed by atoms with Gasteiger partial charge in [0.25, 0.3) is 0 Å². The highest BCUT2D eigenvalue weighted by atomic mass is 16.5. The molecule has 0 saturated carbocycles. The fourth-order valence-corrected chi connectivity index (χ4v) is 2.40. The summed E-state index contributed by atoms with van der Waals surface area (Å²) >= 11 is 0. The van der Waals surface area contributed by atoms with E-state index < -0.39 is 0 Å². The second-order valence-corrected chi connectivity index (χ2v) is 5.12. The summed E-state index contributed by atoms with van der Waals surface area (Å²) in [6, 6.07) is 19.7. The minimum atomic E-state index is -0.299. The summed E-state index contributed by atoms with van der Waals surface area (Å²) in [6.07, 6.45) is 0. The van der Waals surface area contributed by atoms with Crippen molar-refractivity contribution in [3.63, 3.8) is 0 Å². The predicted octanol–water partition coefficient (Wildman–Crippen LogP) is 2.97. The molecule has 0 aliphatic rings. The fourth-order valence-electron chi connectivity index (χ4n) is 2.40. The van der Waals surface area contributed by atoms with E-state index in [0.717, 1.165) is 11.1 Å². The molecule has 2 aromatic carbocycles. The summed E-state index contributed by atoms with van der Waals surface area (Å²) in [5.74, 6) is -0.302. The first-order chi connectivity index (χ1) is 10.2. The molecule has 0 spiro atoms. The van der Waals surface area contributed by atoms with E-state index >= 15 is 0 Å². The molecule has 21 heavy (non-hydrogen) atoms. The molecule has 0 fully saturated rings. The van der Waals surface area contributed by atoms with Crippen molar-refractivity contribution in [1.82, 2.24) is 5.32 Å². The SMILES string of the molecule is COC[C@@H](C)NC(=O)C(c1ccccc1)c1ccccc1. The van der Waals surface area contributed by atoms with Gasteiger partial charge in [0.15, 0.2) is 0 Å². The van der Waals surface area contributed by atoms with Crippen LogP contribution in [0.15, 0.2) is 60.7 Å². The van der Waals surface area contributed by atoms with Crippen molar-refractivity contribution in [3.8, 4) is 0 Å². The monoisotopic (exact) mass is 283 g/mol. The molecule has 0 heterocycles. The van der Waals surface area contributed by atoms with Crippen LogP contribution in [0.2, 0.25) is 0 Å². The smallest absolute Gasteiger partial charge is 0.232 e. The van der Waals surface area contributed by atoms with E-state index in [-0.39, 0.29) is 17.9 Å². The van der Waals surface area contributed by atoms with Crippen LogP contribution in [0.4, 0.5) is 0 Å². The minimum absolute atomic E-state index is 0.00282. The number of amides is 1. The number of methoxy groups -OCH3 is 1. The highest BCUT2D eigenvalue weighted by molar-refractivity contribution is 5.87. The zero-order chi connectivity index (χ0) is 15.1. The summed E-state index contributed by atoms with van der Waals surface area (Å²) in [6.45, 7) is 2.44. The van der Waals surface area contributed by atoms with Gasteiger partial charge >= 0.3 is 0 Å². The highest BCUT2D eigenvalue weighted by Gasteiger charge is 2.23. The third-order valence-electron chi connectivity index (χ3n) is 3.33. The van der Waals surface area contributed by atoms with Gasteiger partial charge in [0.05, 0.1) is 12.5 Å². The molecule has 0 unspecified atom stereocenters. The molecular weight excluding hydrogens is 262 g/mol. The molecule has 0 aromatic heterocycles. The maximum atomic E-state index is 12.7. The summed E-state index contributed by atoms with van der Waals surface area (Å²) < 4.78 is 5.08. The zero-order valence-corrected chi connectivity index (χ0v) is 12.5. The Morgan fingerprint density at radius 1 is 1.00 bits per heavy atom. The van der Waals surface area contributed by atoms with Crippen molar-refractivity contribution in [1.29, 1.82) is 0 Å². The standard InChI is InChI=1S/C18H21NO2/c1-14(13-21-2)19-18(20)17(15-9-5-3-6-10-15)16-11-7-4-8-12-16/h3-12,14,17H,13H2,1-2H3,(H,19,20)/t14-/m1/s1. The van der Waals surface area contributed by atoms with Crippen LogP contribution in [0.3, 0.4) is 0 Å². The molecule has 110 valence electrons. The van der Waals surface area contributed by atoms with Crippen LogP contribution in [0.1, 0.15) is 24.0 Å². The van der Waals surface area contributed by atoms with Crippen molar-refractivity contribution in [2.24, 2.45) is 0 Å². The summed E-state index contributed by atoms with van der Waals surface area (Å²) in [5.41, 5.74) is 1.98. The van der Waals surface area contributed by atoms with Crippen LogP contribution in [-0.2, 0) is 9.53 Å². The van der Waals surface area contributed by atoms with Crippen molar-refractivity contribution < 1.29 is 9.53 Å². The minimum Gasteiger partial charge on any atom is -0.383 e. The Morgan fingerprint density at radius 3 is 1.90 bits per heavy atom. The lowest BCUT2D eigenvalue weighted by molar-refractivity contribution is -0.122. The first kappa shape index (κ1) is 15.3. The van der Waals surface area contributed by atoms with Gasteiger partial charge in [-0.05, 0) is 18.1 Å². The number of nitrogens with one attached hydrogen (secondary N) is 1. The van der Waals surface area contributed by atoms with E-state index in [1.165, 1.54) is 0 Å². The third kappa shape index (κ3) is 4.17. The van der Waals surface area contributed by atoms with Crippen LogP contribution >= 0.6 is 0 Å². The Hall–Kier alpha value is -2.13. The molecular formula is C18H21NO2. The van der Waals surface area contributed by atoms with Gasteiger partial charge in [-0.25, -0.2) is 0 Å². The molecule has 1 N–H and O–H groups in total. The van der Waals surface area contributed by atoms with Gasteiger partial charge < -0.3 is 10.1 Å². The first-order valence-corrected chi connectivity index (χ1v) is 7.11. The molecule has 3 nitrogen and oxygen atoms in total. The lowest BCUT2D eigenvalue weighted by Crippen LogP contribution is -2.39. The molecule has 0 saturated heterocycles. The zero-order valence-electron chi connectivity index (χ0n) is 12.5. The maximum absolute atomic E-state index is 12.7. The van der Waals surface area contributed by atoms with Crippen LogP contribution in [0.5, 0.6) is 0 Å². The van der Waals surface area contributed by atoms with Crippen molar-refractivity contribution in [3.05, 3.63) is 71.8 Å². The molecule has 0 aliphatic heterocycles. The molecule has 2 rings (SSSR count). The second-order valence-electron chi connectivity index (χ2n) is 5.12. The maximum Gasteiger partial charge on any atom is 0.232 e. The van der Waals surface area contributed by atoms with Crippen LogP contribution in [-0.4, -0.2) is 25.7 Å². The van der Waals surface area contributed by atoms with Crippen LogP contribution in [0.25, 0.3) is 0 Å². The van der Waals surface area contributed by atoms with E-state index in [1.807, 2.05) is 67.6 Å². The summed E-state index contributed by atoms with van der Waals surface area (Å²) in [5, 5.41) is 3.01. The van der Waals surface area contributed by atoms with E-state index in [4.69, 9.17) is 4.74 Å². The quantitative estimate of drug-likeness (QED) is 0.885. The number of ether oxygens (including phenoxy) is 1. The molecule has 2 aromatic rings. The summed E-state index contributed by atoms with van der Waals surface area (Å²) in [7, 11) is 1.63. The van der Waals surface area contributed by atoms with Gasteiger partial charge in [0.1, 0.15) is 0 Å². The van der Waals surface area contributed by atoms with Gasteiger partial charge in [-0.3, -0.25) is 4.79 Å². The lowest BCUT2D eigenvalue weighted by atomic mass is 9.90. The fraction of sp³-hybridized carbons (Fsp3) is 0.278. The van der Waals surface area contributed by atoms with Gasteiger partial charge in [0, 0.05) is 13.2 Å².